The molecule has 0 bridgehead atoms. The summed E-state index contributed by atoms with van der Waals surface area (Å²) in [5, 5.41) is 5.29. The lowest BCUT2D eigenvalue weighted by molar-refractivity contribution is -0.115. The van der Waals surface area contributed by atoms with Crippen molar-refractivity contribution < 1.29 is 4.79 Å². The summed E-state index contributed by atoms with van der Waals surface area (Å²) in [5.41, 5.74) is 2.15. The third-order valence-electron chi connectivity index (χ3n) is 2.55. The highest BCUT2D eigenvalue weighted by Gasteiger charge is 2.15. The highest BCUT2D eigenvalue weighted by molar-refractivity contribution is 8.00. The lowest BCUT2D eigenvalue weighted by Gasteiger charge is -2.10. The summed E-state index contributed by atoms with van der Waals surface area (Å²) in [5.74, 6) is -0.0140. The number of amides is 1. The summed E-state index contributed by atoms with van der Waals surface area (Å²) in [7, 11) is 0. The van der Waals surface area contributed by atoms with Crippen molar-refractivity contribution in [3.8, 4) is 0 Å². The van der Waals surface area contributed by atoms with E-state index >= 15 is 0 Å². The Hall–Kier alpha value is -1.33. The van der Waals surface area contributed by atoms with E-state index < -0.39 is 0 Å². The second-order valence-electron chi connectivity index (χ2n) is 4.36. The molecule has 1 aromatic carbocycles. The molecule has 2 rings (SSSR count). The first-order chi connectivity index (χ1) is 9.04. The van der Waals surface area contributed by atoms with Gasteiger partial charge in [-0.1, -0.05) is 17.7 Å². The van der Waals surface area contributed by atoms with Gasteiger partial charge in [-0.25, -0.2) is 4.98 Å². The molecule has 0 unspecified atom stereocenters. The van der Waals surface area contributed by atoms with Crippen molar-refractivity contribution in [3.63, 3.8) is 0 Å². The number of hydrogen-bond acceptors (Lipinski definition) is 4. The van der Waals surface area contributed by atoms with Crippen LogP contribution in [0.3, 0.4) is 0 Å². The quantitative estimate of drug-likeness (QED) is 0.870. The van der Waals surface area contributed by atoms with Crippen molar-refractivity contribution in [2.24, 2.45) is 0 Å². The minimum Gasteiger partial charge on any atom is -0.301 e. The highest BCUT2D eigenvalue weighted by atomic mass is 32.2. The number of benzene rings is 1. The molecule has 1 aromatic heterocycles. The minimum atomic E-state index is -0.146. The molecule has 100 valence electrons. The van der Waals surface area contributed by atoms with Crippen LogP contribution in [0.2, 0.25) is 0 Å². The lowest BCUT2D eigenvalue weighted by Crippen LogP contribution is -2.22. The molecule has 1 atom stereocenters. The molecule has 19 heavy (non-hydrogen) atoms. The molecule has 2 aromatic rings. The van der Waals surface area contributed by atoms with Crippen LogP contribution in [0.4, 0.5) is 5.13 Å². The van der Waals surface area contributed by atoms with E-state index in [1.165, 1.54) is 16.9 Å². The fraction of sp³-hybridized carbons (Fsp3) is 0.286. The number of carbonyl (C=O) groups excluding carboxylic acids is 1. The maximum absolute atomic E-state index is 12.0. The van der Waals surface area contributed by atoms with Crippen LogP contribution >= 0.6 is 23.1 Å². The van der Waals surface area contributed by atoms with E-state index in [0.717, 1.165) is 10.6 Å². The van der Waals surface area contributed by atoms with Crippen molar-refractivity contribution >= 4 is 34.1 Å². The smallest absolute Gasteiger partial charge is 0.239 e. The van der Waals surface area contributed by atoms with Gasteiger partial charge in [0.05, 0.1) is 10.9 Å². The minimum absolute atomic E-state index is 0.0140. The Morgan fingerprint density at radius 2 is 2.00 bits per heavy atom. The predicted molar refractivity (Wildman–Crippen MR) is 82.0 cm³/mol. The van der Waals surface area contributed by atoms with Crippen molar-refractivity contribution in [1.29, 1.82) is 0 Å². The molecule has 1 amide bonds. The predicted octanol–water partition coefficient (Wildman–Crippen LogP) is 3.88. The fourth-order valence-electron chi connectivity index (χ4n) is 1.49. The first kappa shape index (κ1) is 14.1. The molecule has 0 aliphatic rings. The van der Waals surface area contributed by atoms with E-state index in [9.17, 15) is 4.79 Å². The number of aromatic nitrogens is 1. The summed E-state index contributed by atoms with van der Waals surface area (Å²) >= 11 is 3.00. The summed E-state index contributed by atoms with van der Waals surface area (Å²) in [6.45, 7) is 5.87. The van der Waals surface area contributed by atoms with Crippen molar-refractivity contribution in [1.82, 2.24) is 4.98 Å². The van der Waals surface area contributed by atoms with Gasteiger partial charge in [0.15, 0.2) is 5.13 Å². The Balaban J connectivity index is 1.94. The Morgan fingerprint density at radius 3 is 2.58 bits per heavy atom. The molecule has 0 saturated heterocycles. The van der Waals surface area contributed by atoms with E-state index in [0.29, 0.717) is 5.13 Å². The third kappa shape index (κ3) is 4.08. The van der Waals surface area contributed by atoms with Gasteiger partial charge >= 0.3 is 0 Å². The van der Waals surface area contributed by atoms with Gasteiger partial charge in [-0.2, -0.15) is 0 Å². The third-order valence-corrected chi connectivity index (χ3v) is 4.54. The highest BCUT2D eigenvalue weighted by Crippen LogP contribution is 2.25. The first-order valence-electron chi connectivity index (χ1n) is 6.01. The number of carbonyl (C=O) groups is 1. The Morgan fingerprint density at radius 1 is 1.32 bits per heavy atom. The van der Waals surface area contributed by atoms with Gasteiger partial charge in [-0.3, -0.25) is 4.79 Å². The van der Waals surface area contributed by atoms with Crippen LogP contribution in [0.5, 0.6) is 0 Å². The van der Waals surface area contributed by atoms with Gasteiger partial charge in [0.2, 0.25) is 5.91 Å². The van der Waals surface area contributed by atoms with Gasteiger partial charge in [0, 0.05) is 10.3 Å². The van der Waals surface area contributed by atoms with E-state index in [2.05, 4.69) is 29.4 Å². The second kappa shape index (κ2) is 6.21. The van der Waals surface area contributed by atoms with Gasteiger partial charge in [-0.15, -0.1) is 23.1 Å². The molecule has 0 spiro atoms. The largest absolute Gasteiger partial charge is 0.301 e. The van der Waals surface area contributed by atoms with Crippen LogP contribution in [0.15, 0.2) is 34.5 Å². The van der Waals surface area contributed by atoms with E-state index in [1.807, 2.05) is 31.4 Å². The number of anilines is 1. The lowest BCUT2D eigenvalue weighted by atomic mass is 10.2. The van der Waals surface area contributed by atoms with Gasteiger partial charge in [-0.05, 0) is 32.9 Å². The zero-order valence-electron chi connectivity index (χ0n) is 11.1. The monoisotopic (exact) mass is 292 g/mol. The normalized spacial score (nSPS) is 12.2. The van der Waals surface area contributed by atoms with E-state index in [4.69, 9.17) is 0 Å². The summed E-state index contributed by atoms with van der Waals surface area (Å²) in [4.78, 5) is 17.4. The Bertz CT molecular complexity index is 563. The number of rotatable bonds is 4. The zero-order chi connectivity index (χ0) is 13.8. The number of nitrogens with zero attached hydrogens (tertiary/aromatic N) is 1. The van der Waals surface area contributed by atoms with Crippen molar-refractivity contribution in [2.75, 3.05) is 5.32 Å². The number of thiazole rings is 1. The molecule has 0 saturated carbocycles. The van der Waals surface area contributed by atoms with E-state index in [-0.39, 0.29) is 11.2 Å². The molecular formula is C14H16N2OS2. The van der Waals surface area contributed by atoms with Crippen molar-refractivity contribution in [3.05, 3.63) is 40.9 Å². The van der Waals surface area contributed by atoms with Gasteiger partial charge in [0.25, 0.3) is 0 Å². The molecule has 3 nitrogen and oxygen atoms in total. The van der Waals surface area contributed by atoms with Crippen LogP contribution in [0.1, 0.15) is 18.2 Å². The Labute approximate surface area is 121 Å². The molecule has 1 N–H and O–H groups in total. The first-order valence-corrected chi connectivity index (χ1v) is 7.77. The summed E-state index contributed by atoms with van der Waals surface area (Å²) in [6.07, 6.45) is 0. The maximum atomic E-state index is 12.0. The fourth-order valence-corrected chi connectivity index (χ4v) is 3.05. The molecule has 5 heteroatoms. The summed E-state index contributed by atoms with van der Waals surface area (Å²) in [6, 6.07) is 8.18. The molecular weight excluding hydrogens is 276 g/mol. The van der Waals surface area contributed by atoms with Crippen LogP contribution in [-0.2, 0) is 4.79 Å². The Kier molecular flexibility index (Phi) is 4.61. The van der Waals surface area contributed by atoms with Gasteiger partial charge < -0.3 is 5.32 Å². The number of hydrogen-bond donors (Lipinski definition) is 1. The second-order valence-corrected chi connectivity index (χ2v) is 6.63. The maximum Gasteiger partial charge on any atom is 0.239 e. The van der Waals surface area contributed by atoms with Crippen LogP contribution in [-0.4, -0.2) is 16.1 Å². The van der Waals surface area contributed by atoms with Crippen LogP contribution in [0, 0.1) is 13.8 Å². The topological polar surface area (TPSA) is 42.0 Å². The zero-order valence-corrected chi connectivity index (χ0v) is 12.8. The molecule has 0 fully saturated rings. The number of thioether (sulfide) groups is 1. The number of aryl methyl sites for hydroxylation is 2. The van der Waals surface area contributed by atoms with Crippen LogP contribution in [0.25, 0.3) is 0 Å². The molecule has 1 heterocycles. The SMILES string of the molecule is Cc1ccc(S[C@@H](C)C(=O)Nc2nc(C)cs2)cc1. The average Bonchev–Trinajstić information content (AvgIpc) is 2.77. The average molecular weight is 292 g/mol. The molecule has 0 radical (unpaired) electrons. The number of nitrogens with one attached hydrogen (secondary N) is 1. The molecule has 0 aliphatic heterocycles. The standard InChI is InChI=1S/C14H16N2OS2/c1-9-4-6-12(7-5-9)19-11(3)13(17)16-14-15-10(2)8-18-14/h4-8,11H,1-3H3,(H,15,16,17)/t11-/m0/s1. The van der Waals surface area contributed by atoms with Crippen molar-refractivity contribution in [2.45, 2.75) is 30.9 Å². The van der Waals surface area contributed by atoms with E-state index in [1.54, 1.807) is 11.8 Å². The van der Waals surface area contributed by atoms with Gasteiger partial charge in [0.1, 0.15) is 0 Å². The van der Waals surface area contributed by atoms with Crippen LogP contribution < -0.4 is 5.32 Å². The molecule has 0 aliphatic carbocycles. The summed E-state index contributed by atoms with van der Waals surface area (Å²) < 4.78 is 0.